The van der Waals surface area contributed by atoms with Gasteiger partial charge in [0, 0.05) is 64.6 Å². The van der Waals surface area contributed by atoms with E-state index in [4.69, 9.17) is 4.99 Å². The molecule has 1 saturated heterocycles. The van der Waals surface area contributed by atoms with E-state index in [9.17, 15) is 4.79 Å². The molecule has 1 aromatic heterocycles. The van der Waals surface area contributed by atoms with E-state index in [1.807, 2.05) is 17.0 Å². The Morgan fingerprint density at radius 2 is 1.74 bits per heavy atom. The Labute approximate surface area is 219 Å². The molecule has 9 heteroatoms. The van der Waals surface area contributed by atoms with E-state index in [2.05, 4.69) is 62.3 Å². The van der Waals surface area contributed by atoms with Gasteiger partial charge in [-0.1, -0.05) is 36.4 Å². The van der Waals surface area contributed by atoms with Crippen LogP contribution in [-0.2, 0) is 4.79 Å². The van der Waals surface area contributed by atoms with Crippen LogP contribution in [0.4, 0.5) is 5.95 Å². The van der Waals surface area contributed by atoms with Gasteiger partial charge < -0.3 is 20.0 Å². The molecule has 1 amide bonds. The van der Waals surface area contributed by atoms with Gasteiger partial charge in [0.1, 0.15) is 0 Å². The maximum atomic E-state index is 12.7. The fraction of sp³-hybridized carbons (Fsp3) is 0.440. The first kappa shape index (κ1) is 25.9. The van der Waals surface area contributed by atoms with Gasteiger partial charge in [-0.05, 0) is 30.5 Å². The Kier molecular flexibility index (Phi) is 10.1. The molecule has 34 heavy (non-hydrogen) atoms. The van der Waals surface area contributed by atoms with E-state index in [1.54, 1.807) is 12.4 Å². The third-order valence-corrected chi connectivity index (χ3v) is 6.04. The lowest BCUT2D eigenvalue weighted by atomic mass is 10.00. The summed E-state index contributed by atoms with van der Waals surface area (Å²) in [6.45, 7) is 8.03. The van der Waals surface area contributed by atoms with Crippen molar-refractivity contribution < 1.29 is 4.79 Å². The summed E-state index contributed by atoms with van der Waals surface area (Å²) < 4.78 is 0. The van der Waals surface area contributed by atoms with Crippen molar-refractivity contribution in [3.63, 3.8) is 0 Å². The zero-order valence-corrected chi connectivity index (χ0v) is 22.1. The number of hydrogen-bond acceptors (Lipinski definition) is 5. The summed E-state index contributed by atoms with van der Waals surface area (Å²) in [5.41, 5.74) is 2.68. The zero-order chi connectivity index (χ0) is 22.9. The van der Waals surface area contributed by atoms with E-state index in [1.165, 1.54) is 11.1 Å². The third kappa shape index (κ3) is 6.91. The van der Waals surface area contributed by atoms with Crippen molar-refractivity contribution in [2.45, 2.75) is 19.8 Å². The van der Waals surface area contributed by atoms with Gasteiger partial charge in [0.15, 0.2) is 5.96 Å². The molecule has 0 bridgehead atoms. The van der Waals surface area contributed by atoms with E-state index in [0.29, 0.717) is 26.1 Å². The Morgan fingerprint density at radius 3 is 2.38 bits per heavy atom. The van der Waals surface area contributed by atoms with Crippen LogP contribution in [0.1, 0.15) is 25.3 Å². The molecule has 3 heterocycles. The van der Waals surface area contributed by atoms with E-state index in [0.717, 1.165) is 51.1 Å². The number of carbonyl (C=O) groups is 1. The number of aromatic nitrogens is 2. The number of piperazine rings is 1. The summed E-state index contributed by atoms with van der Waals surface area (Å²) in [7, 11) is 0. The van der Waals surface area contributed by atoms with Gasteiger partial charge in [-0.25, -0.2) is 9.97 Å². The average Bonchev–Trinajstić information content (AvgIpc) is 2.89. The van der Waals surface area contributed by atoms with Crippen LogP contribution >= 0.6 is 24.0 Å². The van der Waals surface area contributed by atoms with Gasteiger partial charge in [-0.2, -0.15) is 0 Å². The van der Waals surface area contributed by atoms with Crippen molar-refractivity contribution in [1.29, 1.82) is 0 Å². The van der Waals surface area contributed by atoms with Crippen LogP contribution in [0.3, 0.4) is 0 Å². The molecule has 0 unspecified atom stereocenters. The first-order chi connectivity index (χ1) is 16.2. The summed E-state index contributed by atoms with van der Waals surface area (Å²) >= 11 is 0. The summed E-state index contributed by atoms with van der Waals surface area (Å²) in [5, 5.41) is 3.39. The second-order valence-electron chi connectivity index (χ2n) is 8.19. The molecule has 0 aliphatic carbocycles. The van der Waals surface area contributed by atoms with Crippen LogP contribution in [-0.4, -0.2) is 84.0 Å². The standard InChI is InChI=1S/C25H33N7O.HI/c1-2-26-24(31-15-10-22(11-16-31)21-7-4-3-5-8-21)29-14-9-23(33)30-17-19-32(20-18-30)25-27-12-6-13-28-25;/h3-8,10,12-13H,2,9,11,14-20H2,1H3,(H,26,29);1H. The van der Waals surface area contributed by atoms with Crippen LogP contribution in [0.2, 0.25) is 0 Å². The number of carbonyl (C=O) groups excluding carboxylic acids is 1. The number of guanidine groups is 1. The molecular formula is C25H34IN7O. The Hall–Kier alpha value is -2.69. The van der Waals surface area contributed by atoms with Crippen molar-refractivity contribution in [2.75, 3.05) is 57.3 Å². The Morgan fingerprint density at radius 1 is 1.00 bits per heavy atom. The molecule has 4 rings (SSSR count). The molecule has 0 saturated carbocycles. The van der Waals surface area contributed by atoms with Crippen LogP contribution in [0.15, 0.2) is 59.9 Å². The van der Waals surface area contributed by atoms with Gasteiger partial charge in [0.2, 0.25) is 11.9 Å². The van der Waals surface area contributed by atoms with Crippen molar-refractivity contribution >= 4 is 47.4 Å². The number of aliphatic imine (C=N–C) groups is 1. The lowest BCUT2D eigenvalue weighted by Gasteiger charge is -2.34. The maximum absolute atomic E-state index is 12.7. The van der Waals surface area contributed by atoms with Crippen LogP contribution < -0.4 is 10.2 Å². The van der Waals surface area contributed by atoms with E-state index in [-0.39, 0.29) is 29.9 Å². The predicted octanol–water partition coefficient (Wildman–Crippen LogP) is 2.89. The minimum Gasteiger partial charge on any atom is -0.357 e. The lowest BCUT2D eigenvalue weighted by Crippen LogP contribution is -2.49. The topological polar surface area (TPSA) is 77.0 Å². The molecular weight excluding hydrogens is 541 g/mol. The first-order valence-corrected chi connectivity index (χ1v) is 11.8. The number of hydrogen-bond donors (Lipinski definition) is 1. The van der Waals surface area contributed by atoms with Crippen molar-refractivity contribution in [2.24, 2.45) is 4.99 Å². The average molecular weight is 575 g/mol. The van der Waals surface area contributed by atoms with Crippen molar-refractivity contribution in [1.82, 2.24) is 25.1 Å². The number of nitrogens with zero attached hydrogens (tertiary/aromatic N) is 6. The van der Waals surface area contributed by atoms with E-state index >= 15 is 0 Å². The molecule has 1 N–H and O–H groups in total. The van der Waals surface area contributed by atoms with Crippen LogP contribution in [0, 0.1) is 0 Å². The molecule has 1 aromatic carbocycles. The van der Waals surface area contributed by atoms with Crippen molar-refractivity contribution in [3.05, 3.63) is 60.4 Å². The fourth-order valence-electron chi connectivity index (χ4n) is 4.23. The number of amides is 1. The van der Waals surface area contributed by atoms with Crippen molar-refractivity contribution in [3.8, 4) is 0 Å². The molecule has 0 atom stereocenters. The largest absolute Gasteiger partial charge is 0.357 e. The normalized spacial score (nSPS) is 16.6. The molecule has 8 nitrogen and oxygen atoms in total. The number of halogens is 1. The fourth-order valence-corrected chi connectivity index (χ4v) is 4.23. The number of anilines is 1. The van der Waals surface area contributed by atoms with Gasteiger partial charge in [0.25, 0.3) is 0 Å². The highest BCUT2D eigenvalue weighted by Gasteiger charge is 2.22. The monoisotopic (exact) mass is 575 g/mol. The highest BCUT2D eigenvalue weighted by atomic mass is 127. The van der Waals surface area contributed by atoms with Gasteiger partial charge in [-0.15, -0.1) is 24.0 Å². The highest BCUT2D eigenvalue weighted by Crippen LogP contribution is 2.22. The lowest BCUT2D eigenvalue weighted by molar-refractivity contribution is -0.131. The molecule has 2 aliphatic heterocycles. The third-order valence-electron chi connectivity index (χ3n) is 6.04. The minimum atomic E-state index is 0. The molecule has 1 fully saturated rings. The second-order valence-corrected chi connectivity index (χ2v) is 8.19. The summed E-state index contributed by atoms with van der Waals surface area (Å²) in [5.74, 6) is 1.78. The van der Waals surface area contributed by atoms with Gasteiger partial charge >= 0.3 is 0 Å². The molecule has 182 valence electrons. The summed E-state index contributed by atoms with van der Waals surface area (Å²) in [6, 6.07) is 12.4. The molecule has 0 spiro atoms. The van der Waals surface area contributed by atoms with Crippen LogP contribution in [0.5, 0.6) is 0 Å². The second kappa shape index (κ2) is 13.3. The molecule has 2 aromatic rings. The maximum Gasteiger partial charge on any atom is 0.225 e. The summed E-state index contributed by atoms with van der Waals surface area (Å²) in [4.78, 5) is 32.4. The Bertz CT molecular complexity index is 960. The van der Waals surface area contributed by atoms with Gasteiger partial charge in [0.05, 0.1) is 6.54 Å². The number of rotatable bonds is 6. The first-order valence-electron chi connectivity index (χ1n) is 11.8. The zero-order valence-electron chi connectivity index (χ0n) is 19.8. The summed E-state index contributed by atoms with van der Waals surface area (Å²) in [6.07, 6.45) is 7.20. The van der Waals surface area contributed by atoms with Gasteiger partial charge in [-0.3, -0.25) is 9.79 Å². The Balaban J connectivity index is 0.00000324. The molecule has 0 radical (unpaired) electrons. The predicted molar refractivity (Wildman–Crippen MR) is 147 cm³/mol. The van der Waals surface area contributed by atoms with E-state index < -0.39 is 0 Å². The number of benzene rings is 1. The smallest absolute Gasteiger partial charge is 0.225 e. The highest BCUT2D eigenvalue weighted by molar-refractivity contribution is 14.0. The molecule has 2 aliphatic rings. The SMILES string of the molecule is CCNC(=NCCC(=O)N1CCN(c2ncccn2)CC1)N1CC=C(c2ccccc2)CC1.I. The van der Waals surface area contributed by atoms with Crippen LogP contribution in [0.25, 0.3) is 5.57 Å². The number of nitrogens with one attached hydrogen (secondary N) is 1. The minimum absolute atomic E-state index is 0. The quantitative estimate of drug-likeness (QED) is 0.325.